The molecule has 0 aliphatic heterocycles. The standard InChI is InChI=1S/C13H20N2O4/c1-19-13-3-2-10(8-11(13)14)12(18)9-15(4-6-16)5-7-17/h2-3,8,16-17H,4-7,9,14H2,1H3. The highest BCUT2D eigenvalue weighted by atomic mass is 16.5. The van der Waals surface area contributed by atoms with Gasteiger partial charge in [-0.2, -0.15) is 0 Å². The zero-order valence-corrected chi connectivity index (χ0v) is 11.0. The van der Waals surface area contributed by atoms with Crippen LogP contribution in [0.3, 0.4) is 0 Å². The molecule has 0 saturated heterocycles. The maximum absolute atomic E-state index is 12.1. The van der Waals surface area contributed by atoms with Crippen molar-refractivity contribution in [3.8, 4) is 5.75 Å². The van der Waals surface area contributed by atoms with Gasteiger partial charge >= 0.3 is 0 Å². The minimum absolute atomic E-state index is 0.0575. The zero-order chi connectivity index (χ0) is 14.3. The molecule has 6 nitrogen and oxygen atoms in total. The fraction of sp³-hybridized carbons (Fsp3) is 0.462. The number of nitrogen functional groups attached to an aromatic ring is 1. The molecular formula is C13H20N2O4. The molecule has 0 radical (unpaired) electrons. The number of ketones is 1. The van der Waals surface area contributed by atoms with Crippen molar-refractivity contribution < 1.29 is 19.7 Å². The minimum atomic E-state index is -0.115. The van der Waals surface area contributed by atoms with Gasteiger partial charge in [-0.1, -0.05) is 0 Å². The number of rotatable bonds is 8. The first-order valence-electron chi connectivity index (χ1n) is 6.03. The predicted octanol–water partition coefficient (Wildman–Crippen LogP) is -0.253. The fourth-order valence-electron chi connectivity index (χ4n) is 1.75. The first-order chi connectivity index (χ1) is 9.12. The van der Waals surface area contributed by atoms with E-state index in [0.717, 1.165) is 0 Å². The molecule has 0 unspecified atom stereocenters. The number of carbonyl (C=O) groups is 1. The Labute approximate surface area is 112 Å². The number of anilines is 1. The predicted molar refractivity (Wildman–Crippen MR) is 72.3 cm³/mol. The maximum atomic E-state index is 12.1. The Morgan fingerprint density at radius 2 is 1.95 bits per heavy atom. The molecule has 0 atom stereocenters. The Morgan fingerprint density at radius 3 is 2.42 bits per heavy atom. The second kappa shape index (κ2) is 7.73. The highest BCUT2D eigenvalue weighted by Crippen LogP contribution is 2.22. The van der Waals surface area contributed by atoms with Gasteiger partial charge in [-0.05, 0) is 18.2 Å². The molecule has 1 rings (SSSR count). The number of benzene rings is 1. The van der Waals surface area contributed by atoms with E-state index in [-0.39, 0.29) is 25.5 Å². The van der Waals surface area contributed by atoms with E-state index in [9.17, 15) is 4.79 Å². The summed E-state index contributed by atoms with van der Waals surface area (Å²) < 4.78 is 5.03. The highest BCUT2D eigenvalue weighted by Gasteiger charge is 2.13. The Balaban J connectivity index is 2.73. The van der Waals surface area contributed by atoms with Crippen LogP contribution >= 0.6 is 0 Å². The quantitative estimate of drug-likeness (QED) is 0.444. The normalized spacial score (nSPS) is 10.7. The maximum Gasteiger partial charge on any atom is 0.176 e. The van der Waals surface area contributed by atoms with Crippen LogP contribution in [0.25, 0.3) is 0 Å². The van der Waals surface area contributed by atoms with Crippen LogP contribution in [0.4, 0.5) is 5.69 Å². The number of aliphatic hydroxyl groups excluding tert-OH is 2. The first kappa shape index (κ1) is 15.4. The van der Waals surface area contributed by atoms with Crippen LogP contribution in [0.2, 0.25) is 0 Å². The smallest absolute Gasteiger partial charge is 0.176 e. The third-order valence-electron chi connectivity index (χ3n) is 2.75. The van der Waals surface area contributed by atoms with E-state index in [1.165, 1.54) is 7.11 Å². The van der Waals surface area contributed by atoms with Crippen LogP contribution in [0.1, 0.15) is 10.4 Å². The lowest BCUT2D eigenvalue weighted by Gasteiger charge is -2.19. The number of hydrogen-bond acceptors (Lipinski definition) is 6. The molecule has 4 N–H and O–H groups in total. The van der Waals surface area contributed by atoms with Gasteiger partial charge in [0.05, 0.1) is 32.6 Å². The van der Waals surface area contributed by atoms with Crippen molar-refractivity contribution in [2.75, 3.05) is 45.7 Å². The van der Waals surface area contributed by atoms with Crippen molar-refractivity contribution in [3.05, 3.63) is 23.8 Å². The molecule has 0 aliphatic carbocycles. The number of ether oxygens (including phenoxy) is 1. The van der Waals surface area contributed by atoms with Gasteiger partial charge in [0, 0.05) is 18.7 Å². The molecule has 0 bridgehead atoms. The van der Waals surface area contributed by atoms with Crippen LogP contribution in [-0.4, -0.2) is 60.9 Å². The summed E-state index contributed by atoms with van der Waals surface area (Å²) in [5.74, 6) is 0.412. The number of carbonyl (C=O) groups excluding carboxylic acids is 1. The molecule has 0 spiro atoms. The summed E-state index contributed by atoms with van der Waals surface area (Å²) in [5.41, 5.74) is 6.64. The third-order valence-corrected chi connectivity index (χ3v) is 2.75. The molecule has 6 heteroatoms. The van der Waals surface area contributed by atoms with Crippen molar-refractivity contribution in [3.63, 3.8) is 0 Å². The topological polar surface area (TPSA) is 96.0 Å². The van der Waals surface area contributed by atoms with Crippen molar-refractivity contribution in [1.82, 2.24) is 4.90 Å². The summed E-state index contributed by atoms with van der Waals surface area (Å²) in [6.07, 6.45) is 0. The van der Waals surface area contributed by atoms with E-state index in [0.29, 0.717) is 30.1 Å². The van der Waals surface area contributed by atoms with Crippen molar-refractivity contribution in [1.29, 1.82) is 0 Å². The fourth-order valence-corrected chi connectivity index (χ4v) is 1.75. The van der Waals surface area contributed by atoms with Gasteiger partial charge in [0.2, 0.25) is 0 Å². The molecule has 0 heterocycles. The van der Waals surface area contributed by atoms with E-state index in [1.807, 2.05) is 0 Å². The van der Waals surface area contributed by atoms with Crippen LogP contribution in [0.15, 0.2) is 18.2 Å². The molecule has 0 saturated carbocycles. The van der Waals surface area contributed by atoms with Crippen molar-refractivity contribution in [2.45, 2.75) is 0 Å². The Morgan fingerprint density at radius 1 is 1.32 bits per heavy atom. The number of Topliss-reactive ketones (excluding diaryl/α,β-unsaturated/α-hetero) is 1. The van der Waals surface area contributed by atoms with Gasteiger partial charge in [0.25, 0.3) is 0 Å². The second-order valence-electron chi connectivity index (χ2n) is 4.10. The Hall–Kier alpha value is -1.63. The molecular weight excluding hydrogens is 248 g/mol. The first-order valence-corrected chi connectivity index (χ1v) is 6.03. The van der Waals surface area contributed by atoms with Crippen molar-refractivity contribution in [2.24, 2.45) is 0 Å². The minimum Gasteiger partial charge on any atom is -0.495 e. The lowest BCUT2D eigenvalue weighted by molar-refractivity contribution is 0.0894. The Bertz CT molecular complexity index is 417. The summed E-state index contributed by atoms with van der Waals surface area (Å²) in [6, 6.07) is 4.86. The average Bonchev–Trinajstić information content (AvgIpc) is 2.39. The van der Waals surface area contributed by atoms with Crippen LogP contribution in [-0.2, 0) is 0 Å². The summed E-state index contributed by atoms with van der Waals surface area (Å²) in [6.45, 7) is 0.707. The average molecular weight is 268 g/mol. The summed E-state index contributed by atoms with van der Waals surface area (Å²) >= 11 is 0. The number of nitrogens with two attached hydrogens (primary N) is 1. The lowest BCUT2D eigenvalue weighted by atomic mass is 10.1. The van der Waals surface area contributed by atoms with Gasteiger partial charge in [-0.3, -0.25) is 9.69 Å². The number of nitrogens with zero attached hydrogens (tertiary/aromatic N) is 1. The van der Waals surface area contributed by atoms with Crippen LogP contribution < -0.4 is 10.5 Å². The van der Waals surface area contributed by atoms with Gasteiger partial charge in [-0.15, -0.1) is 0 Å². The van der Waals surface area contributed by atoms with E-state index in [4.69, 9.17) is 20.7 Å². The number of methoxy groups -OCH3 is 1. The molecule has 1 aromatic carbocycles. The van der Waals surface area contributed by atoms with Gasteiger partial charge < -0.3 is 20.7 Å². The number of hydrogen-bond donors (Lipinski definition) is 3. The summed E-state index contributed by atoms with van der Waals surface area (Å²) in [7, 11) is 1.51. The molecule has 19 heavy (non-hydrogen) atoms. The van der Waals surface area contributed by atoms with Crippen molar-refractivity contribution >= 4 is 11.5 Å². The molecule has 0 fully saturated rings. The van der Waals surface area contributed by atoms with E-state index in [2.05, 4.69) is 0 Å². The van der Waals surface area contributed by atoms with Crippen LogP contribution in [0, 0.1) is 0 Å². The van der Waals surface area contributed by atoms with Gasteiger partial charge in [-0.25, -0.2) is 0 Å². The molecule has 0 aromatic heterocycles. The van der Waals surface area contributed by atoms with E-state index >= 15 is 0 Å². The van der Waals surface area contributed by atoms with E-state index in [1.54, 1.807) is 23.1 Å². The Kier molecular flexibility index (Phi) is 6.27. The lowest BCUT2D eigenvalue weighted by Crippen LogP contribution is -2.34. The summed E-state index contributed by atoms with van der Waals surface area (Å²) in [5, 5.41) is 17.8. The zero-order valence-electron chi connectivity index (χ0n) is 11.0. The largest absolute Gasteiger partial charge is 0.495 e. The van der Waals surface area contributed by atoms with Gasteiger partial charge in [0.15, 0.2) is 5.78 Å². The van der Waals surface area contributed by atoms with Gasteiger partial charge in [0.1, 0.15) is 5.75 Å². The third kappa shape index (κ3) is 4.51. The second-order valence-corrected chi connectivity index (χ2v) is 4.10. The molecule has 106 valence electrons. The monoisotopic (exact) mass is 268 g/mol. The SMILES string of the molecule is COc1ccc(C(=O)CN(CCO)CCO)cc1N. The summed E-state index contributed by atoms with van der Waals surface area (Å²) in [4.78, 5) is 13.7. The van der Waals surface area contributed by atoms with Crippen LogP contribution in [0.5, 0.6) is 5.75 Å². The molecule has 1 aromatic rings. The number of aliphatic hydroxyl groups is 2. The highest BCUT2D eigenvalue weighted by molar-refractivity contribution is 5.98. The molecule has 0 aliphatic rings. The molecule has 0 amide bonds. The van der Waals surface area contributed by atoms with E-state index < -0.39 is 0 Å².